The van der Waals surface area contributed by atoms with Crippen LogP contribution in [0.25, 0.3) is 0 Å². The first-order valence-electron chi connectivity index (χ1n) is 7.60. The molecule has 1 rings (SSSR count). The molecule has 0 fully saturated rings. The first-order chi connectivity index (χ1) is 10.2. The number of hydrogen-bond donors (Lipinski definition) is 2. The van der Waals surface area contributed by atoms with E-state index in [9.17, 15) is 4.79 Å². The molecule has 0 radical (unpaired) electrons. The van der Waals surface area contributed by atoms with Gasteiger partial charge in [0.1, 0.15) is 0 Å². The molecule has 1 unspecified atom stereocenters. The minimum atomic E-state index is 0.0185. The minimum absolute atomic E-state index is 0.0185. The third-order valence-electron chi connectivity index (χ3n) is 3.50. The van der Waals surface area contributed by atoms with Crippen molar-refractivity contribution in [3.63, 3.8) is 0 Å². The summed E-state index contributed by atoms with van der Waals surface area (Å²) in [6, 6.07) is 10.5. The van der Waals surface area contributed by atoms with Crippen LogP contribution in [0.5, 0.6) is 0 Å². The number of carbonyl (C=O) groups excluding carboxylic acids is 1. The molecule has 21 heavy (non-hydrogen) atoms. The molecule has 0 bridgehead atoms. The second kappa shape index (κ2) is 10.1. The molecule has 0 saturated carbocycles. The van der Waals surface area contributed by atoms with Gasteiger partial charge in [0, 0.05) is 13.1 Å². The van der Waals surface area contributed by atoms with Crippen molar-refractivity contribution in [3.8, 4) is 0 Å². The standard InChI is InChI=1S/C17H27N3O/c1-4-12-18-14-17(21)19-13-16(20(5-2)6-3)15-10-8-7-9-11-15/h4,7-11,16,18H,1,5-6,12-14H2,2-3H3,(H,19,21). The molecule has 2 N–H and O–H groups in total. The van der Waals surface area contributed by atoms with E-state index < -0.39 is 0 Å². The molecule has 1 atom stereocenters. The van der Waals surface area contributed by atoms with Gasteiger partial charge < -0.3 is 10.6 Å². The largest absolute Gasteiger partial charge is 0.353 e. The first kappa shape index (κ1) is 17.4. The van der Waals surface area contributed by atoms with E-state index >= 15 is 0 Å². The normalized spacial score (nSPS) is 12.1. The summed E-state index contributed by atoms with van der Waals surface area (Å²) in [6.07, 6.45) is 1.75. The quantitative estimate of drug-likeness (QED) is 0.511. The predicted octanol–water partition coefficient (Wildman–Crippen LogP) is 1.96. The lowest BCUT2D eigenvalue weighted by molar-refractivity contribution is -0.120. The van der Waals surface area contributed by atoms with Crippen LogP contribution in [0.1, 0.15) is 25.5 Å². The van der Waals surface area contributed by atoms with Crippen LogP contribution in [0, 0.1) is 0 Å². The van der Waals surface area contributed by atoms with E-state index in [0.717, 1.165) is 13.1 Å². The maximum atomic E-state index is 11.8. The summed E-state index contributed by atoms with van der Waals surface area (Å²) < 4.78 is 0. The van der Waals surface area contributed by atoms with Crippen LogP contribution in [-0.4, -0.2) is 43.5 Å². The van der Waals surface area contributed by atoms with Crippen LogP contribution >= 0.6 is 0 Å². The van der Waals surface area contributed by atoms with E-state index in [-0.39, 0.29) is 11.9 Å². The molecule has 4 nitrogen and oxygen atoms in total. The maximum absolute atomic E-state index is 11.8. The molecule has 116 valence electrons. The van der Waals surface area contributed by atoms with Gasteiger partial charge in [0.2, 0.25) is 5.91 Å². The van der Waals surface area contributed by atoms with Crippen LogP contribution in [0.2, 0.25) is 0 Å². The summed E-state index contributed by atoms with van der Waals surface area (Å²) in [4.78, 5) is 14.2. The second-order valence-electron chi connectivity index (χ2n) is 4.87. The number of hydrogen-bond acceptors (Lipinski definition) is 3. The number of amides is 1. The number of carbonyl (C=O) groups is 1. The molecule has 1 amide bonds. The fraction of sp³-hybridized carbons (Fsp3) is 0.471. The van der Waals surface area contributed by atoms with Crippen LogP contribution in [0.4, 0.5) is 0 Å². The summed E-state index contributed by atoms with van der Waals surface area (Å²) >= 11 is 0. The Hall–Kier alpha value is -1.65. The fourth-order valence-corrected chi connectivity index (χ4v) is 2.36. The Morgan fingerprint density at radius 1 is 1.29 bits per heavy atom. The summed E-state index contributed by atoms with van der Waals surface area (Å²) in [5.41, 5.74) is 1.24. The van der Waals surface area contributed by atoms with E-state index in [1.807, 2.05) is 18.2 Å². The van der Waals surface area contributed by atoms with Gasteiger partial charge >= 0.3 is 0 Å². The molecule has 0 aliphatic heterocycles. The van der Waals surface area contributed by atoms with Gasteiger partial charge in [0.25, 0.3) is 0 Å². The van der Waals surface area contributed by atoms with Crippen LogP contribution in [0.3, 0.4) is 0 Å². The lowest BCUT2D eigenvalue weighted by Gasteiger charge is -2.30. The van der Waals surface area contributed by atoms with Gasteiger partial charge in [-0.1, -0.05) is 50.3 Å². The van der Waals surface area contributed by atoms with Crippen molar-refractivity contribution in [1.82, 2.24) is 15.5 Å². The molecule has 0 spiro atoms. The topological polar surface area (TPSA) is 44.4 Å². The Labute approximate surface area is 128 Å². The maximum Gasteiger partial charge on any atom is 0.234 e. The number of rotatable bonds is 10. The Morgan fingerprint density at radius 3 is 2.52 bits per heavy atom. The molecule has 1 aromatic carbocycles. The molecule has 0 saturated heterocycles. The zero-order chi connectivity index (χ0) is 15.5. The van der Waals surface area contributed by atoms with Crippen LogP contribution < -0.4 is 10.6 Å². The zero-order valence-corrected chi connectivity index (χ0v) is 13.1. The predicted molar refractivity (Wildman–Crippen MR) is 88.2 cm³/mol. The molecule has 0 aliphatic carbocycles. The molecule has 0 heterocycles. The molecular weight excluding hydrogens is 262 g/mol. The number of nitrogens with zero attached hydrogens (tertiary/aromatic N) is 1. The third-order valence-corrected chi connectivity index (χ3v) is 3.50. The van der Waals surface area contributed by atoms with E-state index in [2.05, 4.69) is 48.1 Å². The van der Waals surface area contributed by atoms with Crippen molar-refractivity contribution in [2.75, 3.05) is 32.7 Å². The van der Waals surface area contributed by atoms with Crippen molar-refractivity contribution in [2.24, 2.45) is 0 Å². The average molecular weight is 289 g/mol. The molecule has 1 aromatic rings. The Balaban J connectivity index is 2.62. The van der Waals surface area contributed by atoms with E-state index in [4.69, 9.17) is 0 Å². The molecule has 0 aromatic heterocycles. The Bertz CT molecular complexity index is 415. The first-order valence-corrected chi connectivity index (χ1v) is 7.60. The Morgan fingerprint density at radius 2 is 1.95 bits per heavy atom. The lowest BCUT2D eigenvalue weighted by atomic mass is 10.1. The van der Waals surface area contributed by atoms with Crippen molar-refractivity contribution in [3.05, 3.63) is 48.6 Å². The van der Waals surface area contributed by atoms with Gasteiger partial charge in [-0.25, -0.2) is 0 Å². The van der Waals surface area contributed by atoms with Crippen LogP contribution in [-0.2, 0) is 4.79 Å². The lowest BCUT2D eigenvalue weighted by Crippen LogP contribution is -2.41. The van der Waals surface area contributed by atoms with E-state index in [0.29, 0.717) is 19.6 Å². The third kappa shape index (κ3) is 6.10. The number of likely N-dealkylation sites (N-methyl/N-ethyl adjacent to an activating group) is 1. The smallest absolute Gasteiger partial charge is 0.234 e. The van der Waals surface area contributed by atoms with Gasteiger partial charge in [-0.3, -0.25) is 9.69 Å². The summed E-state index contributed by atoms with van der Waals surface area (Å²) in [5.74, 6) is 0.0185. The van der Waals surface area contributed by atoms with E-state index in [1.54, 1.807) is 6.08 Å². The Kier molecular flexibility index (Phi) is 8.40. The molecule has 4 heteroatoms. The number of nitrogens with one attached hydrogen (secondary N) is 2. The highest BCUT2D eigenvalue weighted by Crippen LogP contribution is 2.19. The molecular formula is C17H27N3O. The monoisotopic (exact) mass is 289 g/mol. The van der Waals surface area contributed by atoms with Crippen molar-refractivity contribution < 1.29 is 4.79 Å². The minimum Gasteiger partial charge on any atom is -0.353 e. The zero-order valence-electron chi connectivity index (χ0n) is 13.1. The SMILES string of the molecule is C=CCNCC(=O)NCC(c1ccccc1)N(CC)CC. The highest BCUT2D eigenvalue weighted by atomic mass is 16.1. The summed E-state index contributed by atoms with van der Waals surface area (Å²) in [5, 5.41) is 6.02. The average Bonchev–Trinajstić information content (AvgIpc) is 2.52. The number of benzene rings is 1. The van der Waals surface area contributed by atoms with Crippen molar-refractivity contribution in [1.29, 1.82) is 0 Å². The fourth-order valence-electron chi connectivity index (χ4n) is 2.36. The van der Waals surface area contributed by atoms with Gasteiger partial charge in [-0.15, -0.1) is 6.58 Å². The van der Waals surface area contributed by atoms with Gasteiger partial charge in [-0.05, 0) is 18.7 Å². The van der Waals surface area contributed by atoms with Gasteiger partial charge in [0.15, 0.2) is 0 Å². The van der Waals surface area contributed by atoms with Gasteiger partial charge in [0.05, 0.1) is 12.6 Å². The highest BCUT2D eigenvalue weighted by Gasteiger charge is 2.18. The molecule has 0 aliphatic rings. The van der Waals surface area contributed by atoms with Crippen LogP contribution in [0.15, 0.2) is 43.0 Å². The van der Waals surface area contributed by atoms with E-state index in [1.165, 1.54) is 5.56 Å². The van der Waals surface area contributed by atoms with Crippen molar-refractivity contribution in [2.45, 2.75) is 19.9 Å². The highest BCUT2D eigenvalue weighted by molar-refractivity contribution is 5.78. The second-order valence-corrected chi connectivity index (χ2v) is 4.87. The summed E-state index contributed by atoms with van der Waals surface area (Å²) in [7, 11) is 0. The summed E-state index contributed by atoms with van der Waals surface area (Å²) in [6.45, 7) is 11.4. The van der Waals surface area contributed by atoms with Crippen molar-refractivity contribution >= 4 is 5.91 Å². The van der Waals surface area contributed by atoms with Gasteiger partial charge in [-0.2, -0.15) is 0 Å².